The van der Waals surface area contributed by atoms with Gasteiger partial charge < -0.3 is 38.7 Å². The maximum atomic E-state index is 13.1. The van der Waals surface area contributed by atoms with Crippen LogP contribution >= 0.6 is 0 Å². The molecule has 37 heavy (non-hydrogen) atoms. The number of amides is 4. The van der Waals surface area contributed by atoms with E-state index >= 15 is 0 Å². The highest BCUT2D eigenvalue weighted by atomic mass is 16.6. The van der Waals surface area contributed by atoms with Gasteiger partial charge in [0.25, 0.3) is 0 Å². The van der Waals surface area contributed by atoms with Gasteiger partial charge >= 0.3 is 24.2 Å². The molecular weight excluding hydrogens is 482 g/mol. The molecule has 3 heterocycles. The van der Waals surface area contributed by atoms with Crippen molar-refractivity contribution in [2.75, 3.05) is 78.5 Å². The Morgan fingerprint density at radius 3 is 1.73 bits per heavy atom. The maximum absolute atomic E-state index is 13.1. The van der Waals surface area contributed by atoms with Crippen molar-refractivity contribution >= 4 is 24.2 Å². The lowest BCUT2D eigenvalue weighted by molar-refractivity contribution is -0.928. The molecule has 0 unspecified atom stereocenters. The largest absolute Gasteiger partial charge is 0.465 e. The van der Waals surface area contributed by atoms with Crippen molar-refractivity contribution in [3.05, 3.63) is 0 Å². The zero-order valence-electron chi connectivity index (χ0n) is 23.2. The van der Waals surface area contributed by atoms with Gasteiger partial charge in [0, 0.05) is 45.2 Å². The van der Waals surface area contributed by atoms with Crippen LogP contribution < -0.4 is 0 Å². The van der Waals surface area contributed by atoms with E-state index in [0.29, 0.717) is 69.9 Å². The smallest absolute Gasteiger partial charge is 0.410 e. The van der Waals surface area contributed by atoms with E-state index in [1.54, 1.807) is 14.7 Å². The van der Waals surface area contributed by atoms with Crippen LogP contribution in [0, 0.1) is 5.92 Å². The van der Waals surface area contributed by atoms with Crippen LogP contribution in [-0.2, 0) is 14.3 Å². The molecule has 0 atom stereocenters. The van der Waals surface area contributed by atoms with Crippen molar-refractivity contribution in [1.29, 1.82) is 0 Å². The van der Waals surface area contributed by atoms with Crippen LogP contribution in [0.25, 0.3) is 0 Å². The summed E-state index contributed by atoms with van der Waals surface area (Å²) in [5.41, 5.74) is -1.13. The number of rotatable bonds is 4. The van der Waals surface area contributed by atoms with E-state index in [0.717, 1.165) is 6.54 Å². The van der Waals surface area contributed by atoms with Crippen LogP contribution in [0.5, 0.6) is 0 Å². The number of piperazine rings is 2. The first-order valence-corrected chi connectivity index (χ1v) is 13.1. The molecule has 3 saturated heterocycles. The summed E-state index contributed by atoms with van der Waals surface area (Å²) in [4.78, 5) is 56.0. The quantitative estimate of drug-likeness (QED) is 0.438. The fraction of sp³-hybridized carbons (Fsp3) is 0.840. The van der Waals surface area contributed by atoms with Crippen molar-refractivity contribution in [3.8, 4) is 0 Å². The second-order valence-corrected chi connectivity index (χ2v) is 12.5. The van der Waals surface area contributed by atoms with Crippen LogP contribution in [0.15, 0.2) is 0 Å². The third-order valence-electron chi connectivity index (χ3n) is 6.92. The number of carboxylic acid groups (broad SMARTS) is 1. The highest BCUT2D eigenvalue weighted by Gasteiger charge is 2.44. The van der Waals surface area contributed by atoms with Gasteiger partial charge in [-0.15, -0.1) is 0 Å². The van der Waals surface area contributed by atoms with Crippen LogP contribution in [0.3, 0.4) is 0 Å². The third kappa shape index (κ3) is 8.11. The molecule has 12 heteroatoms. The maximum Gasteiger partial charge on any atom is 0.410 e. The van der Waals surface area contributed by atoms with Crippen molar-refractivity contribution in [3.63, 3.8) is 0 Å². The average molecular weight is 527 g/mol. The predicted octanol–water partition coefficient (Wildman–Crippen LogP) is 1.74. The summed E-state index contributed by atoms with van der Waals surface area (Å²) in [5.74, 6) is -0.0262. The Morgan fingerprint density at radius 2 is 1.24 bits per heavy atom. The first kappa shape index (κ1) is 28.8. The Kier molecular flexibility index (Phi) is 8.50. The molecule has 0 saturated carbocycles. The van der Waals surface area contributed by atoms with Gasteiger partial charge in [0.05, 0.1) is 32.7 Å². The number of nitrogens with zero attached hydrogens (tertiary/aromatic N) is 5. The fourth-order valence-corrected chi connectivity index (χ4v) is 5.13. The van der Waals surface area contributed by atoms with Gasteiger partial charge in [0.1, 0.15) is 11.2 Å². The molecule has 3 aliphatic rings. The summed E-state index contributed by atoms with van der Waals surface area (Å²) in [6.45, 7) is 16.8. The molecule has 0 radical (unpaired) electrons. The number of quaternary nitrogens is 1. The highest BCUT2D eigenvalue weighted by Crippen LogP contribution is 2.26. The first-order valence-electron chi connectivity index (χ1n) is 13.1. The van der Waals surface area contributed by atoms with Crippen LogP contribution in [0.4, 0.5) is 14.4 Å². The van der Waals surface area contributed by atoms with Crippen molar-refractivity contribution in [2.24, 2.45) is 5.92 Å². The Morgan fingerprint density at radius 1 is 0.757 bits per heavy atom. The molecule has 3 aliphatic heterocycles. The average Bonchev–Trinajstić information content (AvgIpc) is 2.73. The fourth-order valence-electron chi connectivity index (χ4n) is 5.13. The Labute approximate surface area is 219 Å². The molecule has 4 amide bonds. The van der Waals surface area contributed by atoms with E-state index < -0.39 is 17.3 Å². The summed E-state index contributed by atoms with van der Waals surface area (Å²) < 4.78 is 11.6. The number of carbonyl (C=O) groups excluding carboxylic acids is 3. The van der Waals surface area contributed by atoms with E-state index in [9.17, 15) is 19.2 Å². The van der Waals surface area contributed by atoms with E-state index in [1.165, 1.54) is 4.90 Å². The molecule has 0 aromatic heterocycles. The van der Waals surface area contributed by atoms with E-state index in [1.807, 2.05) is 41.5 Å². The normalized spacial score (nSPS) is 20.8. The molecule has 3 fully saturated rings. The minimum Gasteiger partial charge on any atom is -0.465 e. The topological polar surface area (TPSA) is 120 Å². The van der Waals surface area contributed by atoms with Gasteiger partial charge in [-0.1, -0.05) is 0 Å². The molecule has 12 nitrogen and oxygen atoms in total. The van der Waals surface area contributed by atoms with Crippen LogP contribution in [-0.4, -0.2) is 143 Å². The number of esters is 1. The summed E-state index contributed by atoms with van der Waals surface area (Å²) in [6.07, 6.45) is -1.28. The molecule has 210 valence electrons. The zero-order valence-corrected chi connectivity index (χ0v) is 23.2. The Bertz CT molecular complexity index is 860. The SMILES string of the molecule is CC(C)(C)OC(=O)C[N+]1(CC2CN(C(=O)OC(C)(C)C)C2)CCN(C(=O)N2CCN(C(=O)O)CC2)CC1. The lowest BCUT2D eigenvalue weighted by Crippen LogP contribution is -2.67. The van der Waals surface area contributed by atoms with Gasteiger partial charge in [-0.2, -0.15) is 0 Å². The van der Waals surface area contributed by atoms with Gasteiger partial charge in [0.15, 0.2) is 6.54 Å². The second-order valence-electron chi connectivity index (χ2n) is 12.5. The molecular formula is C25H44N5O7+. The molecule has 0 spiro atoms. The summed E-state index contributed by atoms with van der Waals surface area (Å²) in [6, 6.07) is -0.0835. The second kappa shape index (κ2) is 10.9. The number of carbonyl (C=O) groups is 4. The summed E-state index contributed by atoms with van der Waals surface area (Å²) in [5, 5.41) is 9.15. The number of ether oxygens (including phenoxy) is 2. The minimum absolute atomic E-state index is 0.0835. The lowest BCUT2D eigenvalue weighted by atomic mass is 9.97. The number of hydrogen-bond acceptors (Lipinski definition) is 6. The molecule has 0 aliphatic carbocycles. The predicted molar refractivity (Wildman–Crippen MR) is 135 cm³/mol. The molecule has 0 bridgehead atoms. The van der Waals surface area contributed by atoms with Crippen molar-refractivity contribution < 1.29 is 38.2 Å². The van der Waals surface area contributed by atoms with Gasteiger partial charge in [-0.3, -0.25) is 0 Å². The number of hydrogen-bond donors (Lipinski definition) is 1. The molecule has 3 rings (SSSR count). The summed E-state index contributed by atoms with van der Waals surface area (Å²) in [7, 11) is 0. The highest BCUT2D eigenvalue weighted by molar-refractivity contribution is 5.75. The first-order chi connectivity index (χ1) is 17.1. The molecule has 0 aromatic rings. The van der Waals surface area contributed by atoms with Crippen LogP contribution in [0.1, 0.15) is 41.5 Å². The summed E-state index contributed by atoms with van der Waals surface area (Å²) >= 11 is 0. The number of urea groups is 1. The Balaban J connectivity index is 1.59. The Hall–Kier alpha value is -2.76. The number of likely N-dealkylation sites (tertiary alicyclic amines) is 1. The van der Waals surface area contributed by atoms with Gasteiger partial charge in [-0.25, -0.2) is 19.2 Å². The molecule has 1 N–H and O–H groups in total. The van der Waals surface area contributed by atoms with Crippen molar-refractivity contribution in [1.82, 2.24) is 19.6 Å². The standard InChI is InChI=1S/C25H43N5O7/c1-24(2,3)36-20(31)18-30(17-19-15-29(16-19)23(35)37-25(4,5)6)13-11-27(12-14-30)21(32)26-7-9-28(10-8-26)22(33)34/h19H,7-18H2,1-6H3/p+1. The van der Waals surface area contributed by atoms with Crippen molar-refractivity contribution in [2.45, 2.75) is 52.7 Å². The minimum atomic E-state index is -0.962. The third-order valence-corrected chi connectivity index (χ3v) is 6.92. The molecule has 0 aromatic carbocycles. The zero-order chi connectivity index (χ0) is 27.6. The van der Waals surface area contributed by atoms with Crippen LogP contribution in [0.2, 0.25) is 0 Å². The monoisotopic (exact) mass is 526 g/mol. The van der Waals surface area contributed by atoms with E-state index in [2.05, 4.69) is 0 Å². The lowest BCUT2D eigenvalue weighted by Gasteiger charge is -2.49. The van der Waals surface area contributed by atoms with Gasteiger partial charge in [-0.05, 0) is 41.5 Å². The van der Waals surface area contributed by atoms with Gasteiger partial charge in [0.2, 0.25) is 0 Å². The van der Waals surface area contributed by atoms with E-state index in [4.69, 9.17) is 14.6 Å². The van der Waals surface area contributed by atoms with E-state index in [-0.39, 0.29) is 30.6 Å².